The molecule has 0 radical (unpaired) electrons. The van der Waals surface area contributed by atoms with Crippen molar-refractivity contribution in [3.63, 3.8) is 0 Å². The lowest BCUT2D eigenvalue weighted by Gasteiger charge is -2.22. The number of rotatable bonds is 32. The predicted octanol–water partition coefficient (Wildman–Crippen LogP) is 11.6. The van der Waals surface area contributed by atoms with Gasteiger partial charge < -0.3 is 20.4 Å². The van der Waals surface area contributed by atoms with Gasteiger partial charge in [-0.1, -0.05) is 142 Å². The molecule has 2 rings (SSSR count). The van der Waals surface area contributed by atoms with Crippen LogP contribution in [0.25, 0.3) is 0 Å². The Morgan fingerprint density at radius 1 is 0.412 bits per heavy atom. The van der Waals surface area contributed by atoms with Crippen molar-refractivity contribution in [3.8, 4) is 0 Å². The molecule has 0 saturated heterocycles. The molecule has 6 heteroatoms. The summed E-state index contributed by atoms with van der Waals surface area (Å²) in [6, 6.07) is 16.4. The first kappa shape index (κ1) is 44.5. The third kappa shape index (κ3) is 22.8. The van der Waals surface area contributed by atoms with Crippen LogP contribution < -0.4 is 10.6 Å². The van der Waals surface area contributed by atoms with Crippen molar-refractivity contribution in [2.75, 3.05) is 49.9 Å². The molecule has 2 N–H and O–H groups in total. The van der Waals surface area contributed by atoms with E-state index in [0.717, 1.165) is 57.1 Å². The number of carbonyl (C=O) groups is 2. The molecular weight excluding hydrogens is 629 g/mol. The SMILES string of the molecule is CCCCCCCCN(CCCCC)CCC(=O)Nc1ccc(Cc2ccc(NC(=O)CCN(CCCCC)CCCCCCCC)cc2)cc1. The average molecular weight is 705 g/mol. The summed E-state index contributed by atoms with van der Waals surface area (Å²) in [5.41, 5.74) is 4.09. The fraction of sp³-hybridized carbons (Fsp3) is 0.689. The molecule has 0 heterocycles. The summed E-state index contributed by atoms with van der Waals surface area (Å²) < 4.78 is 0. The van der Waals surface area contributed by atoms with Crippen molar-refractivity contribution in [1.82, 2.24) is 9.80 Å². The molecule has 0 aliphatic rings. The number of hydrogen-bond donors (Lipinski definition) is 2. The van der Waals surface area contributed by atoms with Gasteiger partial charge in [-0.2, -0.15) is 0 Å². The van der Waals surface area contributed by atoms with E-state index in [1.54, 1.807) is 0 Å². The first-order chi connectivity index (χ1) is 25.0. The molecule has 6 nitrogen and oxygen atoms in total. The Morgan fingerprint density at radius 3 is 1.06 bits per heavy atom. The van der Waals surface area contributed by atoms with Crippen LogP contribution in [0.15, 0.2) is 48.5 Å². The molecule has 2 amide bonds. The second-order valence-corrected chi connectivity index (χ2v) is 14.8. The summed E-state index contributed by atoms with van der Waals surface area (Å²) in [4.78, 5) is 30.6. The molecule has 0 unspecified atom stereocenters. The van der Waals surface area contributed by atoms with Crippen LogP contribution >= 0.6 is 0 Å². The molecule has 0 aliphatic carbocycles. The number of amides is 2. The Balaban J connectivity index is 1.75. The highest BCUT2D eigenvalue weighted by atomic mass is 16.2. The molecule has 2 aromatic carbocycles. The van der Waals surface area contributed by atoms with Crippen LogP contribution in [0.4, 0.5) is 11.4 Å². The average Bonchev–Trinajstić information content (AvgIpc) is 3.13. The summed E-state index contributed by atoms with van der Waals surface area (Å²) in [6.07, 6.45) is 24.9. The number of hydrogen-bond acceptors (Lipinski definition) is 4. The van der Waals surface area contributed by atoms with Crippen LogP contribution in [-0.2, 0) is 16.0 Å². The van der Waals surface area contributed by atoms with Crippen molar-refractivity contribution >= 4 is 23.2 Å². The van der Waals surface area contributed by atoms with Gasteiger partial charge >= 0.3 is 0 Å². The van der Waals surface area contributed by atoms with Crippen LogP contribution in [-0.4, -0.2) is 60.9 Å². The van der Waals surface area contributed by atoms with Gasteiger partial charge in [0.15, 0.2) is 0 Å². The minimum Gasteiger partial charge on any atom is -0.326 e. The van der Waals surface area contributed by atoms with Crippen molar-refractivity contribution in [1.29, 1.82) is 0 Å². The number of nitrogens with zero attached hydrogens (tertiary/aromatic N) is 2. The lowest BCUT2D eigenvalue weighted by atomic mass is 10.0. The fourth-order valence-corrected chi connectivity index (χ4v) is 6.69. The van der Waals surface area contributed by atoms with Crippen LogP contribution in [0.1, 0.15) is 167 Å². The van der Waals surface area contributed by atoms with E-state index in [2.05, 4.69) is 72.4 Å². The van der Waals surface area contributed by atoms with Crippen molar-refractivity contribution in [3.05, 3.63) is 59.7 Å². The van der Waals surface area contributed by atoms with Gasteiger partial charge in [0.05, 0.1) is 0 Å². The Bertz CT molecular complexity index is 1040. The topological polar surface area (TPSA) is 64.7 Å². The molecule has 0 spiro atoms. The Labute approximate surface area is 313 Å². The van der Waals surface area contributed by atoms with Gasteiger partial charge in [0.25, 0.3) is 0 Å². The zero-order valence-corrected chi connectivity index (χ0v) is 33.4. The number of nitrogens with one attached hydrogen (secondary N) is 2. The van der Waals surface area contributed by atoms with Gasteiger partial charge in [0.1, 0.15) is 0 Å². The normalized spacial score (nSPS) is 11.4. The van der Waals surface area contributed by atoms with Crippen molar-refractivity contribution in [2.24, 2.45) is 0 Å². The monoisotopic (exact) mass is 705 g/mol. The van der Waals surface area contributed by atoms with E-state index in [-0.39, 0.29) is 11.8 Å². The van der Waals surface area contributed by atoms with E-state index in [9.17, 15) is 9.59 Å². The molecule has 2 aromatic rings. The predicted molar refractivity (Wildman–Crippen MR) is 221 cm³/mol. The van der Waals surface area contributed by atoms with E-state index in [1.165, 1.54) is 127 Å². The first-order valence-electron chi connectivity index (χ1n) is 21.2. The number of benzene rings is 2. The van der Waals surface area contributed by atoms with Gasteiger partial charge in [-0.25, -0.2) is 0 Å². The largest absolute Gasteiger partial charge is 0.326 e. The highest BCUT2D eigenvalue weighted by Crippen LogP contribution is 2.17. The fourth-order valence-electron chi connectivity index (χ4n) is 6.69. The molecule has 0 saturated carbocycles. The van der Waals surface area contributed by atoms with Gasteiger partial charge in [-0.05, 0) is 93.7 Å². The lowest BCUT2D eigenvalue weighted by molar-refractivity contribution is -0.117. The number of anilines is 2. The van der Waals surface area contributed by atoms with Gasteiger partial charge in [-0.3, -0.25) is 9.59 Å². The standard InChI is InChI=1S/C45H76N4O2/c1-5-9-13-15-17-21-35-48(33-19-11-7-3)37-31-44(50)46-42-27-23-40(24-28-42)39-41-25-29-43(30-26-41)47-45(51)32-38-49(34-20-12-8-4)36-22-18-16-14-10-6-2/h23-30H,5-22,31-39H2,1-4H3,(H,46,50)(H,47,51). The lowest BCUT2D eigenvalue weighted by Crippen LogP contribution is -2.30. The smallest absolute Gasteiger partial charge is 0.225 e. The van der Waals surface area contributed by atoms with Crippen LogP contribution in [0, 0.1) is 0 Å². The van der Waals surface area contributed by atoms with Crippen LogP contribution in [0.2, 0.25) is 0 Å². The van der Waals surface area contributed by atoms with E-state index < -0.39 is 0 Å². The highest BCUT2D eigenvalue weighted by Gasteiger charge is 2.11. The van der Waals surface area contributed by atoms with Crippen molar-refractivity contribution in [2.45, 2.75) is 163 Å². The maximum Gasteiger partial charge on any atom is 0.225 e. The van der Waals surface area contributed by atoms with E-state index in [0.29, 0.717) is 12.8 Å². The van der Waals surface area contributed by atoms with E-state index in [1.807, 2.05) is 24.3 Å². The summed E-state index contributed by atoms with van der Waals surface area (Å²) in [5.74, 6) is 0.177. The van der Waals surface area contributed by atoms with Crippen LogP contribution in [0.3, 0.4) is 0 Å². The second-order valence-electron chi connectivity index (χ2n) is 14.8. The van der Waals surface area contributed by atoms with E-state index in [4.69, 9.17) is 0 Å². The molecule has 0 atom stereocenters. The molecule has 0 bridgehead atoms. The Morgan fingerprint density at radius 2 is 0.706 bits per heavy atom. The summed E-state index contributed by atoms with van der Waals surface area (Å²) in [6.45, 7) is 15.1. The Kier molecular flexibility index (Phi) is 26.0. The maximum absolute atomic E-state index is 12.8. The highest BCUT2D eigenvalue weighted by molar-refractivity contribution is 5.91. The van der Waals surface area contributed by atoms with Gasteiger partial charge in [-0.15, -0.1) is 0 Å². The summed E-state index contributed by atoms with van der Waals surface area (Å²) >= 11 is 0. The van der Waals surface area contributed by atoms with Crippen LogP contribution in [0.5, 0.6) is 0 Å². The first-order valence-corrected chi connectivity index (χ1v) is 21.2. The van der Waals surface area contributed by atoms with E-state index >= 15 is 0 Å². The summed E-state index contributed by atoms with van der Waals surface area (Å²) in [5, 5.41) is 6.22. The molecular formula is C45H76N4O2. The number of unbranched alkanes of at least 4 members (excludes halogenated alkanes) is 14. The molecule has 0 aromatic heterocycles. The molecule has 0 aliphatic heterocycles. The molecule has 288 valence electrons. The quantitative estimate of drug-likeness (QED) is 0.0744. The summed E-state index contributed by atoms with van der Waals surface area (Å²) in [7, 11) is 0. The maximum atomic E-state index is 12.8. The molecule has 51 heavy (non-hydrogen) atoms. The minimum atomic E-state index is 0.0887. The van der Waals surface area contributed by atoms with Crippen molar-refractivity contribution < 1.29 is 9.59 Å². The third-order valence-corrected chi connectivity index (χ3v) is 10.0. The third-order valence-electron chi connectivity index (χ3n) is 10.0. The number of carbonyl (C=O) groups excluding carboxylic acids is 2. The van der Waals surface area contributed by atoms with Gasteiger partial charge in [0.2, 0.25) is 11.8 Å². The minimum absolute atomic E-state index is 0.0887. The van der Waals surface area contributed by atoms with Gasteiger partial charge in [0, 0.05) is 37.3 Å². The zero-order chi connectivity index (χ0) is 36.8. The molecule has 0 fully saturated rings. The second kappa shape index (κ2) is 29.8. The Hall–Kier alpha value is -2.70. The zero-order valence-electron chi connectivity index (χ0n) is 33.4.